The van der Waals surface area contributed by atoms with Gasteiger partial charge < -0.3 is 16.4 Å². The molecule has 0 aromatic carbocycles. The van der Waals surface area contributed by atoms with E-state index in [1.165, 1.54) is 4.68 Å². The van der Waals surface area contributed by atoms with Gasteiger partial charge in [0.05, 0.1) is 17.9 Å². The molecule has 0 saturated heterocycles. The molecule has 1 aromatic rings. The molecule has 0 unspecified atom stereocenters. The lowest BCUT2D eigenvalue weighted by Crippen LogP contribution is -2.39. The molecule has 4 N–H and O–H groups in total. The van der Waals surface area contributed by atoms with E-state index in [-0.39, 0.29) is 18.1 Å². The number of carbonyl (C=O) groups excluding carboxylic acids is 2. The molecule has 0 atom stereocenters. The molecule has 0 bridgehead atoms. The Bertz CT molecular complexity index is 479. The van der Waals surface area contributed by atoms with Gasteiger partial charge in [-0.2, -0.15) is 5.10 Å². The first-order valence-corrected chi connectivity index (χ1v) is 6.16. The highest BCUT2D eigenvalue weighted by Crippen LogP contribution is 2.14. The molecule has 0 aliphatic rings. The molecule has 19 heavy (non-hydrogen) atoms. The molecule has 7 heteroatoms. The fourth-order valence-electron chi connectivity index (χ4n) is 1.57. The van der Waals surface area contributed by atoms with Crippen molar-refractivity contribution in [3.05, 3.63) is 11.4 Å². The number of nitrogens with zero attached hydrogens (tertiary/aromatic N) is 2. The van der Waals surface area contributed by atoms with Crippen molar-refractivity contribution in [2.45, 2.75) is 20.8 Å². The summed E-state index contributed by atoms with van der Waals surface area (Å²) < 4.78 is 1.41. The molecule has 1 rings (SSSR count). The third kappa shape index (κ3) is 3.97. The standard InChI is InChI=1S/C12H21N5O2/c1-7(2)5-14-9(18)6-15-12(19)11-10(13)8(3)16-17(11)4/h7H,5-6,13H2,1-4H3,(H,14,18)(H,15,19). The van der Waals surface area contributed by atoms with Gasteiger partial charge in [-0.05, 0) is 12.8 Å². The van der Waals surface area contributed by atoms with Gasteiger partial charge in [-0.3, -0.25) is 14.3 Å². The fraction of sp³-hybridized carbons (Fsp3) is 0.583. The number of carbonyl (C=O) groups is 2. The van der Waals surface area contributed by atoms with Crippen LogP contribution in [0, 0.1) is 12.8 Å². The van der Waals surface area contributed by atoms with Crippen molar-refractivity contribution in [3.63, 3.8) is 0 Å². The number of nitrogen functional groups attached to an aromatic ring is 1. The van der Waals surface area contributed by atoms with Crippen LogP contribution in [0.4, 0.5) is 5.69 Å². The van der Waals surface area contributed by atoms with Gasteiger partial charge in [-0.1, -0.05) is 13.8 Å². The fourth-order valence-corrected chi connectivity index (χ4v) is 1.57. The van der Waals surface area contributed by atoms with E-state index < -0.39 is 5.91 Å². The topological polar surface area (TPSA) is 102 Å². The zero-order valence-electron chi connectivity index (χ0n) is 11.8. The summed E-state index contributed by atoms with van der Waals surface area (Å²) in [6.45, 7) is 6.23. The number of nitrogens with one attached hydrogen (secondary N) is 2. The number of hydrogen-bond donors (Lipinski definition) is 3. The van der Waals surface area contributed by atoms with E-state index in [2.05, 4.69) is 15.7 Å². The predicted molar refractivity (Wildman–Crippen MR) is 72.5 cm³/mol. The first-order chi connectivity index (χ1) is 8.82. The molecule has 2 amide bonds. The Kier molecular flexibility index (Phi) is 4.91. The third-order valence-corrected chi connectivity index (χ3v) is 2.60. The minimum atomic E-state index is -0.403. The van der Waals surface area contributed by atoms with Gasteiger partial charge in [0.15, 0.2) is 0 Å². The Labute approximate surface area is 112 Å². The lowest BCUT2D eigenvalue weighted by atomic mass is 10.2. The van der Waals surface area contributed by atoms with E-state index in [1.807, 2.05) is 13.8 Å². The summed E-state index contributed by atoms with van der Waals surface area (Å²) in [4.78, 5) is 23.4. The lowest BCUT2D eigenvalue weighted by molar-refractivity contribution is -0.120. The van der Waals surface area contributed by atoms with Gasteiger partial charge in [0.25, 0.3) is 5.91 Å². The Morgan fingerprint density at radius 3 is 2.47 bits per heavy atom. The van der Waals surface area contributed by atoms with E-state index in [0.717, 1.165) is 0 Å². The molecule has 1 heterocycles. The molecular weight excluding hydrogens is 246 g/mol. The van der Waals surface area contributed by atoms with Crippen LogP contribution in [0.15, 0.2) is 0 Å². The summed E-state index contributed by atoms with van der Waals surface area (Å²) in [5.41, 5.74) is 6.97. The number of hydrogen-bond acceptors (Lipinski definition) is 4. The quantitative estimate of drug-likeness (QED) is 0.688. The number of aromatic nitrogens is 2. The lowest BCUT2D eigenvalue weighted by Gasteiger charge is -2.09. The van der Waals surface area contributed by atoms with Gasteiger partial charge in [0, 0.05) is 13.6 Å². The maximum atomic E-state index is 11.9. The second kappa shape index (κ2) is 6.21. The number of aryl methyl sites for hydroxylation is 2. The second-order valence-electron chi connectivity index (χ2n) is 4.85. The minimum Gasteiger partial charge on any atom is -0.395 e. The van der Waals surface area contributed by atoms with Crippen LogP contribution >= 0.6 is 0 Å². The Hall–Kier alpha value is -2.05. The molecule has 0 saturated carbocycles. The Morgan fingerprint density at radius 2 is 2.00 bits per heavy atom. The van der Waals surface area contributed by atoms with Crippen LogP contribution in [0.25, 0.3) is 0 Å². The first-order valence-electron chi connectivity index (χ1n) is 6.16. The maximum Gasteiger partial charge on any atom is 0.272 e. The highest BCUT2D eigenvalue weighted by Gasteiger charge is 2.18. The summed E-state index contributed by atoms with van der Waals surface area (Å²) in [5.74, 6) is -0.255. The third-order valence-electron chi connectivity index (χ3n) is 2.60. The summed E-state index contributed by atoms with van der Waals surface area (Å²) in [5, 5.41) is 9.29. The average molecular weight is 267 g/mol. The molecule has 1 aromatic heterocycles. The van der Waals surface area contributed by atoms with Gasteiger partial charge in [0.1, 0.15) is 5.69 Å². The van der Waals surface area contributed by atoms with E-state index in [4.69, 9.17) is 5.73 Å². The van der Waals surface area contributed by atoms with Gasteiger partial charge in [0.2, 0.25) is 5.91 Å². The number of anilines is 1. The van der Waals surface area contributed by atoms with Crippen LogP contribution in [-0.2, 0) is 11.8 Å². The van der Waals surface area contributed by atoms with Crippen LogP contribution in [-0.4, -0.2) is 34.7 Å². The predicted octanol–water partition coefficient (Wildman–Crippen LogP) is -0.187. The minimum absolute atomic E-state index is 0.0742. The zero-order valence-corrected chi connectivity index (χ0v) is 11.8. The van der Waals surface area contributed by atoms with Crippen molar-refractivity contribution in [3.8, 4) is 0 Å². The molecule has 0 aliphatic carbocycles. The summed E-state index contributed by atoms with van der Waals surface area (Å²) in [6, 6.07) is 0. The van der Waals surface area contributed by atoms with Crippen LogP contribution in [0.2, 0.25) is 0 Å². The monoisotopic (exact) mass is 267 g/mol. The first kappa shape index (κ1) is 15.0. The molecule has 0 spiro atoms. The Morgan fingerprint density at radius 1 is 1.37 bits per heavy atom. The number of nitrogens with two attached hydrogens (primary N) is 1. The van der Waals surface area contributed by atoms with E-state index in [1.54, 1.807) is 14.0 Å². The summed E-state index contributed by atoms with van der Waals surface area (Å²) in [6.07, 6.45) is 0. The van der Waals surface area contributed by atoms with Crippen LogP contribution in [0.5, 0.6) is 0 Å². The van der Waals surface area contributed by atoms with Crippen molar-refractivity contribution in [2.24, 2.45) is 13.0 Å². The van der Waals surface area contributed by atoms with Crippen LogP contribution in [0.1, 0.15) is 30.0 Å². The van der Waals surface area contributed by atoms with Crippen molar-refractivity contribution in [1.29, 1.82) is 0 Å². The van der Waals surface area contributed by atoms with Crippen LogP contribution < -0.4 is 16.4 Å². The smallest absolute Gasteiger partial charge is 0.272 e. The zero-order chi connectivity index (χ0) is 14.6. The SMILES string of the molecule is Cc1nn(C)c(C(=O)NCC(=O)NCC(C)C)c1N. The molecule has 0 radical (unpaired) electrons. The largest absolute Gasteiger partial charge is 0.395 e. The summed E-state index contributed by atoms with van der Waals surface area (Å²) in [7, 11) is 1.64. The molecule has 0 fully saturated rings. The number of amides is 2. The average Bonchev–Trinajstić information content (AvgIpc) is 2.58. The van der Waals surface area contributed by atoms with Crippen molar-refractivity contribution in [2.75, 3.05) is 18.8 Å². The van der Waals surface area contributed by atoms with Crippen molar-refractivity contribution < 1.29 is 9.59 Å². The number of rotatable bonds is 5. The molecule has 106 valence electrons. The van der Waals surface area contributed by atoms with Gasteiger partial charge in [-0.25, -0.2) is 0 Å². The highest BCUT2D eigenvalue weighted by molar-refractivity contribution is 5.99. The highest BCUT2D eigenvalue weighted by atomic mass is 16.2. The van der Waals surface area contributed by atoms with E-state index >= 15 is 0 Å². The maximum absolute atomic E-state index is 11.9. The molecular formula is C12H21N5O2. The summed E-state index contributed by atoms with van der Waals surface area (Å²) >= 11 is 0. The van der Waals surface area contributed by atoms with Crippen molar-refractivity contribution in [1.82, 2.24) is 20.4 Å². The van der Waals surface area contributed by atoms with E-state index in [0.29, 0.717) is 23.8 Å². The van der Waals surface area contributed by atoms with Gasteiger partial charge in [-0.15, -0.1) is 0 Å². The van der Waals surface area contributed by atoms with Crippen LogP contribution in [0.3, 0.4) is 0 Å². The van der Waals surface area contributed by atoms with Gasteiger partial charge >= 0.3 is 0 Å². The molecule has 7 nitrogen and oxygen atoms in total. The Balaban J connectivity index is 2.54. The van der Waals surface area contributed by atoms with Crippen molar-refractivity contribution >= 4 is 17.5 Å². The second-order valence-corrected chi connectivity index (χ2v) is 4.85. The molecule has 0 aliphatic heterocycles. The normalized spacial score (nSPS) is 10.6. The van der Waals surface area contributed by atoms with E-state index in [9.17, 15) is 9.59 Å².